The number of ether oxygens (including phenoxy) is 1. The lowest BCUT2D eigenvalue weighted by Gasteiger charge is -2.28. The molecule has 1 heterocycles. The van der Waals surface area contributed by atoms with Gasteiger partial charge in [-0.25, -0.2) is 4.39 Å². The number of aromatic hydroxyl groups is 1. The molecule has 6 nitrogen and oxygen atoms in total. The molecule has 0 radical (unpaired) electrons. The van der Waals surface area contributed by atoms with Gasteiger partial charge in [0.15, 0.2) is 11.6 Å². The third kappa shape index (κ3) is 4.32. The molecule has 0 aliphatic heterocycles. The van der Waals surface area contributed by atoms with Gasteiger partial charge in [-0.05, 0) is 61.2 Å². The van der Waals surface area contributed by atoms with Crippen LogP contribution in [0, 0.1) is 18.7 Å². The molecule has 1 aromatic heterocycles. The normalized spacial score (nSPS) is 15.2. The number of alkyl halides is 3. The van der Waals surface area contributed by atoms with Crippen LogP contribution in [0.25, 0.3) is 10.9 Å². The number of carbonyl (C=O) groups excluding carboxylic acids is 1. The van der Waals surface area contributed by atoms with Crippen LogP contribution < -0.4 is 4.74 Å². The van der Waals surface area contributed by atoms with E-state index in [1.165, 1.54) is 13.0 Å². The Bertz CT molecular complexity index is 1260. The maximum atomic E-state index is 15.1. The predicted octanol–water partition coefficient (Wildman–Crippen LogP) is 5.74. The number of carboxylic acid groups (broad SMARTS) is 1. The van der Waals surface area contributed by atoms with E-state index in [9.17, 15) is 33.0 Å². The van der Waals surface area contributed by atoms with Crippen LogP contribution in [0.3, 0.4) is 0 Å². The van der Waals surface area contributed by atoms with Crippen LogP contribution in [0.15, 0.2) is 36.4 Å². The average Bonchev–Trinajstić information content (AvgIpc) is 3.01. The lowest BCUT2D eigenvalue weighted by molar-refractivity contribution is -0.274. The molecule has 34 heavy (non-hydrogen) atoms. The van der Waals surface area contributed by atoms with Crippen LogP contribution in [-0.2, 0) is 4.79 Å². The molecular formula is C24H21F4NO5. The Kier molecular flexibility index (Phi) is 6.01. The van der Waals surface area contributed by atoms with Gasteiger partial charge in [0.2, 0.25) is 0 Å². The van der Waals surface area contributed by atoms with Crippen molar-refractivity contribution in [2.45, 2.75) is 44.9 Å². The fourth-order valence-electron chi connectivity index (χ4n) is 4.50. The van der Waals surface area contributed by atoms with Crippen molar-refractivity contribution < 1.29 is 42.1 Å². The van der Waals surface area contributed by atoms with E-state index in [1.54, 1.807) is 0 Å². The van der Waals surface area contributed by atoms with Gasteiger partial charge in [-0.2, -0.15) is 0 Å². The number of rotatable bonds is 6. The highest BCUT2D eigenvalue weighted by Gasteiger charge is 2.35. The second kappa shape index (κ2) is 8.66. The van der Waals surface area contributed by atoms with Crippen LogP contribution in [0.1, 0.15) is 53.2 Å². The molecule has 180 valence electrons. The number of nitrogens with zero attached hydrogens (tertiary/aromatic N) is 1. The number of phenolic OH excluding ortho intramolecular Hbond substituents is 1. The van der Waals surface area contributed by atoms with E-state index in [-0.39, 0.29) is 40.1 Å². The second-order valence-corrected chi connectivity index (χ2v) is 8.43. The van der Waals surface area contributed by atoms with Crippen molar-refractivity contribution in [2.75, 3.05) is 0 Å². The van der Waals surface area contributed by atoms with Gasteiger partial charge < -0.3 is 14.9 Å². The Morgan fingerprint density at radius 1 is 1.15 bits per heavy atom. The van der Waals surface area contributed by atoms with Crippen LogP contribution >= 0.6 is 0 Å². The molecule has 10 heteroatoms. The van der Waals surface area contributed by atoms with Gasteiger partial charge >= 0.3 is 12.3 Å². The first-order chi connectivity index (χ1) is 16.0. The largest absolute Gasteiger partial charge is 0.573 e. The van der Waals surface area contributed by atoms with Crippen LogP contribution in [0.5, 0.6) is 11.5 Å². The van der Waals surface area contributed by atoms with Gasteiger partial charge in [-0.15, -0.1) is 13.2 Å². The van der Waals surface area contributed by atoms with E-state index < -0.39 is 41.5 Å². The molecule has 0 unspecified atom stereocenters. The van der Waals surface area contributed by atoms with E-state index in [4.69, 9.17) is 0 Å². The number of aromatic nitrogens is 1. The third-order valence-corrected chi connectivity index (χ3v) is 6.31. The number of hydrogen-bond donors (Lipinski definition) is 2. The maximum Gasteiger partial charge on any atom is 0.573 e. The van der Waals surface area contributed by atoms with Crippen LogP contribution in [0.2, 0.25) is 0 Å². The molecule has 0 amide bonds. The average molecular weight is 479 g/mol. The number of aliphatic carboxylic acids is 1. The molecule has 4 rings (SSSR count). The van der Waals surface area contributed by atoms with Gasteiger partial charge in [0.05, 0.1) is 11.4 Å². The first-order valence-corrected chi connectivity index (χ1v) is 10.6. The monoisotopic (exact) mass is 479 g/mol. The minimum Gasteiger partial charge on any atom is -0.505 e. The fraction of sp³-hybridized carbons (Fsp3) is 0.333. The summed E-state index contributed by atoms with van der Waals surface area (Å²) in [6.45, 7) is 1.49. The summed E-state index contributed by atoms with van der Waals surface area (Å²) in [6.07, 6.45) is -1.91. The van der Waals surface area contributed by atoms with Gasteiger partial charge in [-0.1, -0.05) is 19.3 Å². The summed E-state index contributed by atoms with van der Waals surface area (Å²) in [6, 6.07) is 6.60. The van der Waals surface area contributed by atoms with Gasteiger partial charge in [-0.3, -0.25) is 14.2 Å². The molecule has 1 aliphatic carbocycles. The first kappa shape index (κ1) is 23.6. The molecule has 0 bridgehead atoms. The standard InChI is InChI=1S/C24H21F4NO5/c1-12-19(16(23(32)33)11-13-3-2-4-13)20-17(9-10-18(30)21(20)25)29(12)22(31)14-5-7-15(8-6-14)34-24(26,27)28/h5-10,13,16,30H,2-4,11H2,1H3,(H,32,33)/t16-/m0/s1. The minimum absolute atomic E-state index is 0.0135. The zero-order chi connectivity index (χ0) is 24.8. The highest BCUT2D eigenvalue weighted by Crippen LogP contribution is 2.42. The van der Waals surface area contributed by atoms with E-state index in [2.05, 4.69) is 4.74 Å². The van der Waals surface area contributed by atoms with Crippen molar-refractivity contribution in [2.24, 2.45) is 5.92 Å². The molecule has 1 atom stereocenters. The highest BCUT2D eigenvalue weighted by atomic mass is 19.4. The number of phenols is 1. The maximum absolute atomic E-state index is 15.1. The van der Waals surface area contributed by atoms with Crippen LogP contribution in [-0.4, -0.2) is 33.0 Å². The zero-order valence-corrected chi connectivity index (χ0v) is 18.0. The SMILES string of the molecule is Cc1c([C@H](CC2CCC2)C(=O)O)c2c(F)c(O)ccc2n1C(=O)c1ccc(OC(F)(F)F)cc1. The molecule has 1 aliphatic rings. The molecule has 2 N–H and O–H groups in total. The van der Waals surface area contributed by atoms with Crippen molar-refractivity contribution in [1.82, 2.24) is 4.57 Å². The fourth-order valence-corrected chi connectivity index (χ4v) is 4.50. The van der Waals surface area contributed by atoms with E-state index in [0.717, 1.165) is 54.2 Å². The molecule has 1 fully saturated rings. The lowest BCUT2D eigenvalue weighted by Crippen LogP contribution is -2.21. The summed E-state index contributed by atoms with van der Waals surface area (Å²) in [5.74, 6) is -5.02. The Morgan fingerprint density at radius 3 is 2.32 bits per heavy atom. The Morgan fingerprint density at radius 2 is 1.79 bits per heavy atom. The van der Waals surface area contributed by atoms with E-state index >= 15 is 4.39 Å². The van der Waals surface area contributed by atoms with Crippen molar-refractivity contribution in [3.63, 3.8) is 0 Å². The van der Waals surface area contributed by atoms with Crippen molar-refractivity contribution >= 4 is 22.8 Å². The minimum atomic E-state index is -4.89. The molecule has 1 saturated carbocycles. The Labute approximate surface area is 191 Å². The third-order valence-electron chi connectivity index (χ3n) is 6.31. The van der Waals surface area contributed by atoms with Crippen LogP contribution in [0.4, 0.5) is 17.6 Å². The topological polar surface area (TPSA) is 88.8 Å². The van der Waals surface area contributed by atoms with Gasteiger partial charge in [0, 0.05) is 16.6 Å². The number of hydrogen-bond acceptors (Lipinski definition) is 4. The van der Waals surface area contributed by atoms with E-state index in [0.29, 0.717) is 0 Å². The highest BCUT2D eigenvalue weighted by molar-refractivity contribution is 6.05. The van der Waals surface area contributed by atoms with Crippen molar-refractivity contribution in [3.8, 4) is 11.5 Å². The molecular weight excluding hydrogens is 458 g/mol. The number of fused-ring (bicyclic) bond motifs is 1. The number of halogens is 4. The smallest absolute Gasteiger partial charge is 0.505 e. The summed E-state index contributed by atoms with van der Waals surface area (Å²) in [5, 5.41) is 19.7. The van der Waals surface area contributed by atoms with Crippen molar-refractivity contribution in [1.29, 1.82) is 0 Å². The predicted molar refractivity (Wildman–Crippen MR) is 113 cm³/mol. The number of carboxylic acids is 1. The van der Waals surface area contributed by atoms with E-state index in [1.807, 2.05) is 0 Å². The number of benzene rings is 2. The molecule has 0 spiro atoms. The quantitative estimate of drug-likeness (QED) is 0.440. The summed E-state index contributed by atoms with van der Waals surface area (Å²) in [5.41, 5.74) is 0.337. The summed E-state index contributed by atoms with van der Waals surface area (Å²) >= 11 is 0. The van der Waals surface area contributed by atoms with Crippen molar-refractivity contribution in [3.05, 3.63) is 59.0 Å². The summed E-state index contributed by atoms with van der Waals surface area (Å²) in [4.78, 5) is 25.5. The van der Waals surface area contributed by atoms with Gasteiger partial charge in [0.1, 0.15) is 5.75 Å². The Balaban J connectivity index is 1.83. The summed E-state index contributed by atoms with van der Waals surface area (Å²) < 4.78 is 57.3. The second-order valence-electron chi connectivity index (χ2n) is 8.43. The Hall–Kier alpha value is -3.56. The van der Waals surface area contributed by atoms with Gasteiger partial charge in [0.25, 0.3) is 5.91 Å². The molecule has 0 saturated heterocycles. The first-order valence-electron chi connectivity index (χ1n) is 10.6. The summed E-state index contributed by atoms with van der Waals surface area (Å²) in [7, 11) is 0. The zero-order valence-electron chi connectivity index (χ0n) is 18.0. The lowest BCUT2D eigenvalue weighted by atomic mass is 9.76. The number of carbonyl (C=O) groups is 2. The molecule has 2 aromatic carbocycles. The molecule has 3 aromatic rings.